The number of aliphatic carboxylic acids is 1. The Morgan fingerprint density at radius 3 is 2.53 bits per heavy atom. The van der Waals surface area contributed by atoms with Gasteiger partial charge in [0.1, 0.15) is 11.6 Å². The van der Waals surface area contributed by atoms with Crippen molar-refractivity contribution in [2.75, 3.05) is 6.61 Å². The van der Waals surface area contributed by atoms with Gasteiger partial charge in [0.2, 0.25) is 0 Å². The summed E-state index contributed by atoms with van der Waals surface area (Å²) in [6.07, 6.45) is -0.121. The molecule has 1 unspecified atom stereocenters. The normalized spacial score (nSPS) is 11.9. The summed E-state index contributed by atoms with van der Waals surface area (Å²) in [5.41, 5.74) is 0.397. The second-order valence-corrected chi connectivity index (χ2v) is 4.22. The number of pyridine rings is 1. The molecule has 0 fully saturated rings. The summed E-state index contributed by atoms with van der Waals surface area (Å²) in [4.78, 5) is 37.0. The second-order valence-electron chi connectivity index (χ2n) is 4.22. The zero-order chi connectivity index (χ0) is 14.6. The van der Waals surface area contributed by atoms with Gasteiger partial charge in [-0.1, -0.05) is 0 Å². The molecule has 7 heteroatoms. The first-order valence-electron chi connectivity index (χ1n) is 5.72. The first kappa shape index (κ1) is 14.9. The van der Waals surface area contributed by atoms with E-state index in [1.807, 2.05) is 0 Å². The van der Waals surface area contributed by atoms with Crippen LogP contribution in [0.5, 0.6) is 0 Å². The number of carboxylic acid groups (broad SMARTS) is 1. The van der Waals surface area contributed by atoms with Crippen molar-refractivity contribution in [2.24, 2.45) is 0 Å². The van der Waals surface area contributed by atoms with Crippen LogP contribution >= 0.6 is 0 Å². The maximum Gasteiger partial charge on any atom is 0.326 e. The van der Waals surface area contributed by atoms with E-state index in [4.69, 9.17) is 10.2 Å². The summed E-state index contributed by atoms with van der Waals surface area (Å²) >= 11 is 0. The number of carboxylic acids is 1. The summed E-state index contributed by atoms with van der Waals surface area (Å²) in [5.74, 6) is -2.02. The lowest BCUT2D eigenvalue weighted by atomic mass is 10.1. The fourth-order valence-corrected chi connectivity index (χ4v) is 1.75. The van der Waals surface area contributed by atoms with E-state index in [1.54, 1.807) is 19.9 Å². The van der Waals surface area contributed by atoms with Crippen LogP contribution in [0.3, 0.4) is 0 Å². The number of hydrogen-bond donors (Lipinski definition) is 4. The summed E-state index contributed by atoms with van der Waals surface area (Å²) in [5, 5.41) is 19.8. The van der Waals surface area contributed by atoms with Gasteiger partial charge in [-0.15, -0.1) is 0 Å². The second kappa shape index (κ2) is 6.14. The van der Waals surface area contributed by atoms with E-state index >= 15 is 0 Å². The molecule has 0 saturated heterocycles. The number of aromatic amines is 1. The number of carbonyl (C=O) groups is 2. The highest BCUT2D eigenvalue weighted by Crippen LogP contribution is 2.04. The van der Waals surface area contributed by atoms with Gasteiger partial charge in [0, 0.05) is 18.7 Å². The van der Waals surface area contributed by atoms with E-state index in [0.717, 1.165) is 0 Å². The van der Waals surface area contributed by atoms with E-state index in [2.05, 4.69) is 10.3 Å². The minimum Gasteiger partial charge on any atom is -0.480 e. The van der Waals surface area contributed by atoms with Gasteiger partial charge in [0.15, 0.2) is 0 Å². The van der Waals surface area contributed by atoms with Crippen molar-refractivity contribution in [2.45, 2.75) is 26.3 Å². The first-order valence-corrected chi connectivity index (χ1v) is 5.72. The Labute approximate surface area is 109 Å². The molecule has 0 aliphatic carbocycles. The van der Waals surface area contributed by atoms with Gasteiger partial charge >= 0.3 is 5.97 Å². The number of amides is 1. The number of rotatable bonds is 5. The average Bonchev–Trinajstić information content (AvgIpc) is 2.26. The predicted octanol–water partition coefficient (Wildman–Crippen LogP) is -0.443. The SMILES string of the molecule is Cc1cc(C)c(C(=O)NC(CCO)C(=O)O)c(=O)[nH]1. The van der Waals surface area contributed by atoms with Crippen molar-refractivity contribution < 1.29 is 19.8 Å². The zero-order valence-corrected chi connectivity index (χ0v) is 10.7. The lowest BCUT2D eigenvalue weighted by Gasteiger charge is -2.14. The minimum absolute atomic E-state index is 0.116. The monoisotopic (exact) mass is 268 g/mol. The number of H-pyrrole nitrogens is 1. The van der Waals surface area contributed by atoms with E-state index in [9.17, 15) is 14.4 Å². The lowest BCUT2D eigenvalue weighted by molar-refractivity contribution is -0.139. The molecule has 104 valence electrons. The minimum atomic E-state index is -1.26. The molecule has 1 atom stereocenters. The number of aryl methyl sites for hydroxylation is 2. The molecule has 4 N–H and O–H groups in total. The van der Waals surface area contributed by atoms with E-state index in [-0.39, 0.29) is 18.6 Å². The van der Waals surface area contributed by atoms with Crippen molar-refractivity contribution in [3.05, 3.63) is 33.2 Å². The van der Waals surface area contributed by atoms with Gasteiger partial charge in [-0.2, -0.15) is 0 Å². The molecule has 0 radical (unpaired) electrons. The third kappa shape index (κ3) is 3.65. The van der Waals surface area contributed by atoms with E-state index < -0.39 is 23.5 Å². The molecule has 1 heterocycles. The number of carbonyl (C=O) groups excluding carboxylic acids is 1. The van der Waals surface area contributed by atoms with Crippen molar-refractivity contribution in [1.82, 2.24) is 10.3 Å². The zero-order valence-electron chi connectivity index (χ0n) is 10.7. The van der Waals surface area contributed by atoms with Gasteiger partial charge < -0.3 is 20.5 Å². The van der Waals surface area contributed by atoms with Crippen molar-refractivity contribution in [1.29, 1.82) is 0 Å². The molecular weight excluding hydrogens is 252 g/mol. The first-order chi connectivity index (χ1) is 8.86. The molecule has 0 saturated carbocycles. The van der Waals surface area contributed by atoms with Gasteiger partial charge in [-0.3, -0.25) is 9.59 Å². The Kier molecular flexibility index (Phi) is 4.82. The summed E-state index contributed by atoms with van der Waals surface area (Å²) in [6.45, 7) is 2.90. The number of aliphatic hydroxyl groups is 1. The molecule has 1 amide bonds. The van der Waals surface area contributed by atoms with Crippen LogP contribution in [0.4, 0.5) is 0 Å². The molecule has 0 bridgehead atoms. The number of aromatic nitrogens is 1. The Morgan fingerprint density at radius 2 is 2.05 bits per heavy atom. The van der Waals surface area contributed by atoms with Gasteiger partial charge in [-0.25, -0.2) is 4.79 Å². The Hall–Kier alpha value is -2.15. The molecular formula is C12H16N2O5. The molecule has 7 nitrogen and oxygen atoms in total. The van der Waals surface area contributed by atoms with Crippen LogP contribution < -0.4 is 10.9 Å². The predicted molar refractivity (Wildman–Crippen MR) is 67.1 cm³/mol. The largest absolute Gasteiger partial charge is 0.480 e. The van der Waals surface area contributed by atoms with Crippen LogP contribution in [0.2, 0.25) is 0 Å². The standard InChI is InChI=1S/C12H16N2O5/c1-6-5-7(2)13-10(16)9(6)11(17)14-8(3-4-15)12(18)19/h5,8,15H,3-4H2,1-2H3,(H,13,16)(H,14,17)(H,18,19). The van der Waals surface area contributed by atoms with Crippen LogP contribution in [0, 0.1) is 13.8 Å². The molecule has 0 aromatic carbocycles. The van der Waals surface area contributed by atoms with Gasteiger partial charge in [0.25, 0.3) is 11.5 Å². The third-order valence-electron chi connectivity index (χ3n) is 2.61. The van der Waals surface area contributed by atoms with Gasteiger partial charge in [0.05, 0.1) is 0 Å². The molecule has 0 spiro atoms. The Balaban J connectivity index is 3.01. The van der Waals surface area contributed by atoms with Crippen molar-refractivity contribution >= 4 is 11.9 Å². The average molecular weight is 268 g/mol. The highest BCUT2D eigenvalue weighted by atomic mass is 16.4. The van der Waals surface area contributed by atoms with Crippen molar-refractivity contribution in [3.63, 3.8) is 0 Å². The van der Waals surface area contributed by atoms with Crippen LogP contribution in [0.15, 0.2) is 10.9 Å². The summed E-state index contributed by atoms with van der Waals surface area (Å²) in [6, 6.07) is 0.399. The highest BCUT2D eigenvalue weighted by molar-refractivity contribution is 5.97. The summed E-state index contributed by atoms with van der Waals surface area (Å²) in [7, 11) is 0. The van der Waals surface area contributed by atoms with Gasteiger partial charge in [-0.05, 0) is 25.5 Å². The number of aliphatic hydroxyl groups excluding tert-OH is 1. The van der Waals surface area contributed by atoms with Crippen LogP contribution in [0.25, 0.3) is 0 Å². The quantitative estimate of drug-likeness (QED) is 0.577. The third-order valence-corrected chi connectivity index (χ3v) is 2.61. The molecule has 0 aliphatic heterocycles. The summed E-state index contributed by atoms with van der Waals surface area (Å²) < 4.78 is 0. The Morgan fingerprint density at radius 1 is 1.42 bits per heavy atom. The fourth-order valence-electron chi connectivity index (χ4n) is 1.75. The van der Waals surface area contributed by atoms with Crippen LogP contribution in [-0.2, 0) is 4.79 Å². The topological polar surface area (TPSA) is 119 Å². The van der Waals surface area contributed by atoms with Crippen LogP contribution in [-0.4, -0.2) is 39.7 Å². The number of hydrogen-bond acceptors (Lipinski definition) is 4. The molecule has 0 aliphatic rings. The Bertz CT molecular complexity index is 550. The number of nitrogens with one attached hydrogen (secondary N) is 2. The molecule has 19 heavy (non-hydrogen) atoms. The molecule has 1 rings (SSSR count). The fraction of sp³-hybridized carbons (Fsp3) is 0.417. The van der Waals surface area contributed by atoms with Crippen LogP contribution in [0.1, 0.15) is 28.0 Å². The van der Waals surface area contributed by atoms with E-state index in [1.165, 1.54) is 0 Å². The van der Waals surface area contributed by atoms with Crippen molar-refractivity contribution in [3.8, 4) is 0 Å². The maximum atomic E-state index is 11.9. The maximum absolute atomic E-state index is 11.9. The van der Waals surface area contributed by atoms with E-state index in [0.29, 0.717) is 11.3 Å². The lowest BCUT2D eigenvalue weighted by Crippen LogP contribution is -2.43. The highest BCUT2D eigenvalue weighted by Gasteiger charge is 2.22. The molecule has 1 aromatic heterocycles. The molecule has 1 aromatic rings. The smallest absolute Gasteiger partial charge is 0.326 e.